The molecule has 1 fully saturated rings. The van der Waals surface area contributed by atoms with E-state index in [2.05, 4.69) is 31.3 Å². The summed E-state index contributed by atoms with van der Waals surface area (Å²) in [6.07, 6.45) is 32.3. The third-order valence-electron chi connectivity index (χ3n) is 9.08. The number of ether oxygens (including phenoxy) is 1. The van der Waals surface area contributed by atoms with Crippen LogP contribution in [0.15, 0.2) is 24.3 Å². The fraction of sp³-hybridized carbons (Fsp3) is 0.872. The highest BCUT2D eigenvalue weighted by atomic mass is 31.2. The Kier molecular flexibility index (Phi) is 26.7. The Balaban J connectivity index is 2.37. The minimum absolute atomic E-state index is 0.00665. The van der Waals surface area contributed by atoms with Crippen LogP contribution in [0.3, 0.4) is 0 Å². The molecule has 1 aliphatic heterocycles. The van der Waals surface area contributed by atoms with Gasteiger partial charge in [0.15, 0.2) is 0 Å². The number of phosphoric ester groups is 1. The number of carbonyl (C=O) groups is 1. The van der Waals surface area contributed by atoms with Gasteiger partial charge in [0.1, 0.15) is 13.2 Å². The lowest BCUT2D eigenvalue weighted by molar-refractivity contribution is -0.870. The molecule has 2 N–H and O–H groups in total. The van der Waals surface area contributed by atoms with Crippen molar-refractivity contribution in [2.24, 2.45) is 0 Å². The second kappa shape index (κ2) is 28.5. The number of hydrogen-bond donors (Lipinski definition) is 2. The molecule has 0 aromatic heterocycles. The van der Waals surface area contributed by atoms with Gasteiger partial charge in [-0.3, -0.25) is 9.36 Å². The summed E-state index contributed by atoms with van der Waals surface area (Å²) in [6.45, 7) is 4.56. The first kappa shape index (κ1) is 46.0. The number of rotatable bonds is 34. The van der Waals surface area contributed by atoms with Gasteiger partial charge < -0.3 is 33.6 Å². The van der Waals surface area contributed by atoms with Crippen molar-refractivity contribution in [2.45, 2.75) is 179 Å². The number of likely N-dealkylation sites (N-methyl/N-ethyl adjacent to an activating group) is 1. The number of allylic oxidation sites excluding steroid dienone is 2. The lowest BCUT2D eigenvalue weighted by Gasteiger charge is -2.29. The average Bonchev–Trinajstić information content (AvgIpc) is 3.80. The maximum Gasteiger partial charge on any atom is 0.268 e. The van der Waals surface area contributed by atoms with Crippen molar-refractivity contribution < 1.29 is 37.6 Å². The second-order valence-corrected chi connectivity index (χ2v) is 16.4. The first-order valence-corrected chi connectivity index (χ1v) is 21.3. The number of hydrogen-bond acceptors (Lipinski definition) is 7. The van der Waals surface area contributed by atoms with Crippen LogP contribution in [-0.4, -0.2) is 80.8 Å². The molecule has 0 spiro atoms. The van der Waals surface area contributed by atoms with Gasteiger partial charge in [-0.15, -0.1) is 0 Å². The van der Waals surface area contributed by atoms with Crippen molar-refractivity contribution in [2.75, 3.05) is 40.9 Å². The van der Waals surface area contributed by atoms with E-state index in [1.807, 2.05) is 27.2 Å². The number of phosphoric acid groups is 1. The fourth-order valence-corrected chi connectivity index (χ4v) is 6.47. The summed E-state index contributed by atoms with van der Waals surface area (Å²) in [7, 11) is 1.24. The molecular formula is C39H75N2O7P. The number of quaternary nitrogens is 1. The molecule has 9 nitrogen and oxygen atoms in total. The Bertz CT molecular complexity index is 924. The number of aliphatic hydroxyl groups excluding tert-OH is 1. The Morgan fingerprint density at radius 1 is 0.816 bits per heavy atom. The highest BCUT2D eigenvalue weighted by Crippen LogP contribution is 2.38. The van der Waals surface area contributed by atoms with E-state index < -0.39 is 20.0 Å². The third kappa shape index (κ3) is 28.2. The fourth-order valence-electron chi connectivity index (χ4n) is 5.74. The number of nitrogens with zero attached hydrogens (tertiary/aromatic N) is 1. The van der Waals surface area contributed by atoms with Gasteiger partial charge in [0.05, 0.1) is 52.1 Å². The lowest BCUT2D eigenvalue weighted by atomic mass is 10.1. The number of unbranched alkanes of at least 4 members (excludes halogenated alkanes) is 16. The van der Waals surface area contributed by atoms with E-state index in [-0.39, 0.29) is 19.1 Å². The highest BCUT2D eigenvalue weighted by molar-refractivity contribution is 7.45. The van der Waals surface area contributed by atoms with Gasteiger partial charge in [0.25, 0.3) is 7.82 Å². The molecule has 0 aromatic carbocycles. The van der Waals surface area contributed by atoms with E-state index in [1.54, 1.807) is 6.08 Å². The van der Waals surface area contributed by atoms with Gasteiger partial charge in [-0.1, -0.05) is 128 Å². The molecule has 1 rings (SSSR count). The quantitative estimate of drug-likeness (QED) is 0.0225. The molecule has 49 heavy (non-hydrogen) atoms. The molecule has 0 aliphatic carbocycles. The molecule has 0 saturated carbocycles. The Morgan fingerprint density at radius 3 is 2.06 bits per heavy atom. The van der Waals surface area contributed by atoms with Crippen LogP contribution in [0.25, 0.3) is 0 Å². The van der Waals surface area contributed by atoms with Crippen molar-refractivity contribution in [3.05, 3.63) is 24.3 Å². The van der Waals surface area contributed by atoms with Crippen LogP contribution in [0.2, 0.25) is 0 Å². The minimum Gasteiger partial charge on any atom is -0.756 e. The maximum atomic E-state index is 12.8. The van der Waals surface area contributed by atoms with Crippen LogP contribution in [-0.2, 0) is 23.1 Å². The second-order valence-electron chi connectivity index (χ2n) is 15.0. The number of carbonyl (C=O) groups excluding carboxylic acids is 1. The van der Waals surface area contributed by atoms with Crippen molar-refractivity contribution in [1.29, 1.82) is 0 Å². The molecule has 1 amide bonds. The summed E-state index contributed by atoms with van der Waals surface area (Å²) in [5.41, 5.74) is 0. The van der Waals surface area contributed by atoms with E-state index in [4.69, 9.17) is 13.8 Å². The summed E-state index contributed by atoms with van der Waals surface area (Å²) < 4.78 is 28.9. The average molecular weight is 715 g/mol. The number of epoxide rings is 1. The van der Waals surface area contributed by atoms with Crippen molar-refractivity contribution in [1.82, 2.24) is 5.32 Å². The Morgan fingerprint density at radius 2 is 1.39 bits per heavy atom. The molecule has 0 aromatic rings. The van der Waals surface area contributed by atoms with Crippen LogP contribution in [0.4, 0.5) is 0 Å². The highest BCUT2D eigenvalue weighted by Gasteiger charge is 2.36. The molecule has 10 heteroatoms. The third-order valence-corrected chi connectivity index (χ3v) is 10.0. The van der Waals surface area contributed by atoms with Crippen LogP contribution < -0.4 is 10.2 Å². The molecule has 288 valence electrons. The monoisotopic (exact) mass is 715 g/mol. The van der Waals surface area contributed by atoms with E-state index in [9.17, 15) is 19.4 Å². The van der Waals surface area contributed by atoms with Crippen molar-refractivity contribution >= 4 is 13.7 Å². The number of aliphatic hydroxyl groups is 1. The van der Waals surface area contributed by atoms with Crippen LogP contribution in [0.5, 0.6) is 0 Å². The van der Waals surface area contributed by atoms with Gasteiger partial charge in [-0.05, 0) is 44.9 Å². The van der Waals surface area contributed by atoms with Gasteiger partial charge in [0.2, 0.25) is 5.91 Å². The molecule has 0 bridgehead atoms. The van der Waals surface area contributed by atoms with E-state index in [1.165, 1.54) is 70.6 Å². The van der Waals surface area contributed by atoms with Gasteiger partial charge in [-0.2, -0.15) is 0 Å². The van der Waals surface area contributed by atoms with Crippen molar-refractivity contribution in [3.8, 4) is 0 Å². The molecule has 1 saturated heterocycles. The van der Waals surface area contributed by atoms with Crippen LogP contribution in [0.1, 0.15) is 155 Å². The van der Waals surface area contributed by atoms with Crippen LogP contribution in [0, 0.1) is 0 Å². The first-order chi connectivity index (χ1) is 23.5. The van der Waals surface area contributed by atoms with Gasteiger partial charge in [-0.25, -0.2) is 0 Å². The smallest absolute Gasteiger partial charge is 0.268 e. The van der Waals surface area contributed by atoms with Crippen molar-refractivity contribution in [3.63, 3.8) is 0 Å². The first-order valence-electron chi connectivity index (χ1n) is 19.8. The molecule has 0 radical (unpaired) electrons. The zero-order chi connectivity index (χ0) is 36.2. The Hall–Kier alpha value is -1.06. The molecule has 5 atom stereocenters. The number of nitrogens with one attached hydrogen (secondary N) is 1. The summed E-state index contributed by atoms with van der Waals surface area (Å²) in [4.78, 5) is 25.2. The predicted octanol–water partition coefficient (Wildman–Crippen LogP) is 8.54. The number of amides is 1. The Labute approximate surface area is 300 Å². The zero-order valence-corrected chi connectivity index (χ0v) is 33.0. The summed E-state index contributed by atoms with van der Waals surface area (Å²) >= 11 is 0. The standard InChI is InChI=1S/C39H75N2O7P/c1-6-8-10-12-14-15-16-17-18-20-24-28-36(42)35(34-47-49(44,45)46-33-32-41(3,4)5)40-39(43)31-27-23-19-22-26-30-38-37(48-38)29-25-21-13-11-9-7-2/h21,24-25,28,35-38,42H,6-20,22-23,26-27,29-34H2,1-5H3,(H-,40,43,44,45)/b25-21-,28-24+/t35-,36+,37?,38?/m0/s1. The summed E-state index contributed by atoms with van der Waals surface area (Å²) in [5.74, 6) is -0.219. The molecule has 1 heterocycles. The summed E-state index contributed by atoms with van der Waals surface area (Å²) in [5, 5.41) is 13.7. The predicted molar refractivity (Wildman–Crippen MR) is 200 cm³/mol. The maximum absolute atomic E-state index is 12.8. The van der Waals surface area contributed by atoms with Gasteiger partial charge in [0, 0.05) is 6.42 Å². The lowest BCUT2D eigenvalue weighted by Crippen LogP contribution is -2.45. The topological polar surface area (TPSA) is 120 Å². The minimum atomic E-state index is -4.59. The largest absolute Gasteiger partial charge is 0.756 e. The molecular weight excluding hydrogens is 639 g/mol. The molecule has 1 aliphatic rings. The van der Waals surface area contributed by atoms with Gasteiger partial charge >= 0.3 is 0 Å². The van der Waals surface area contributed by atoms with E-state index in [0.29, 0.717) is 29.7 Å². The molecule has 3 unspecified atom stereocenters. The summed E-state index contributed by atoms with van der Waals surface area (Å²) in [6, 6.07) is -0.895. The normalized spacial score (nSPS) is 19.0. The zero-order valence-electron chi connectivity index (χ0n) is 32.1. The SMILES string of the molecule is CCCCC/C=C\CC1OC1CCCCCCCC(=O)N[C@@H](COP(=O)([O-])OCC[N+](C)(C)C)[C@H](O)/C=C/CCCCCCCCCCC. The van der Waals surface area contributed by atoms with E-state index >= 15 is 0 Å². The van der Waals surface area contributed by atoms with Crippen LogP contribution >= 0.6 is 7.82 Å². The van der Waals surface area contributed by atoms with E-state index in [0.717, 1.165) is 64.2 Å².